The number of hydrogen-bond acceptors (Lipinski definition) is 5. The minimum atomic E-state index is 0.0395. The Morgan fingerprint density at radius 1 is 1.03 bits per heavy atom. The van der Waals surface area contributed by atoms with Crippen LogP contribution >= 0.6 is 11.3 Å². The summed E-state index contributed by atoms with van der Waals surface area (Å²) in [6.07, 6.45) is 10.3. The summed E-state index contributed by atoms with van der Waals surface area (Å²) in [5.41, 5.74) is 2.55. The van der Waals surface area contributed by atoms with Gasteiger partial charge in [0.05, 0.1) is 18.3 Å². The van der Waals surface area contributed by atoms with Crippen molar-refractivity contribution in [3.63, 3.8) is 0 Å². The van der Waals surface area contributed by atoms with Gasteiger partial charge in [0.25, 0.3) is 5.56 Å². The molecule has 7 nitrogen and oxygen atoms in total. The van der Waals surface area contributed by atoms with E-state index in [1.807, 2.05) is 9.47 Å². The van der Waals surface area contributed by atoms with Gasteiger partial charge in [-0.1, -0.05) is 49.6 Å². The molecule has 190 valence electrons. The van der Waals surface area contributed by atoms with Crippen molar-refractivity contribution in [1.82, 2.24) is 24.7 Å². The number of aromatic nitrogens is 2. The third-order valence-electron chi connectivity index (χ3n) is 8.21. The number of nitrogens with one attached hydrogen (secondary N) is 1. The minimum Gasteiger partial charge on any atom is -0.335 e. The molecule has 1 aliphatic carbocycles. The van der Waals surface area contributed by atoms with Crippen molar-refractivity contribution in [2.45, 2.75) is 76.5 Å². The van der Waals surface area contributed by atoms with Crippen molar-refractivity contribution >= 4 is 27.6 Å². The largest absolute Gasteiger partial charge is 0.335 e. The molecule has 1 saturated heterocycles. The van der Waals surface area contributed by atoms with Crippen LogP contribution in [0.5, 0.6) is 0 Å². The average Bonchev–Trinajstić information content (AvgIpc) is 3.29. The fraction of sp³-hybridized carbons (Fsp3) is 0.536. The zero-order valence-electron chi connectivity index (χ0n) is 20.8. The highest BCUT2D eigenvalue weighted by Crippen LogP contribution is 2.33. The van der Waals surface area contributed by atoms with Crippen LogP contribution in [0.4, 0.5) is 4.79 Å². The van der Waals surface area contributed by atoms with Crippen LogP contribution in [0.1, 0.15) is 67.0 Å². The summed E-state index contributed by atoms with van der Waals surface area (Å²) in [6.45, 7) is 4.16. The van der Waals surface area contributed by atoms with Gasteiger partial charge < -0.3 is 10.2 Å². The maximum Gasteiger partial charge on any atom is 0.317 e. The van der Waals surface area contributed by atoms with Crippen LogP contribution in [0.2, 0.25) is 0 Å². The first-order chi connectivity index (χ1) is 17.7. The lowest BCUT2D eigenvalue weighted by Gasteiger charge is -2.32. The lowest BCUT2D eigenvalue weighted by Crippen LogP contribution is -2.47. The van der Waals surface area contributed by atoms with Gasteiger partial charge in [-0.25, -0.2) is 9.78 Å². The molecule has 0 radical (unpaired) electrons. The van der Waals surface area contributed by atoms with Crippen molar-refractivity contribution in [1.29, 1.82) is 0 Å². The van der Waals surface area contributed by atoms with Gasteiger partial charge in [0.1, 0.15) is 4.83 Å². The lowest BCUT2D eigenvalue weighted by molar-refractivity contribution is 0.177. The summed E-state index contributed by atoms with van der Waals surface area (Å²) in [4.78, 5) is 37.6. The van der Waals surface area contributed by atoms with E-state index in [1.54, 1.807) is 17.7 Å². The molecule has 8 heteroatoms. The van der Waals surface area contributed by atoms with E-state index in [1.165, 1.54) is 24.8 Å². The van der Waals surface area contributed by atoms with Crippen LogP contribution in [-0.2, 0) is 19.5 Å². The molecule has 1 saturated carbocycles. The van der Waals surface area contributed by atoms with Crippen LogP contribution in [0.25, 0.3) is 10.2 Å². The first-order valence-electron chi connectivity index (χ1n) is 13.5. The molecule has 2 amide bonds. The Balaban J connectivity index is 1.14. The molecule has 2 fully saturated rings. The second-order valence-corrected chi connectivity index (χ2v) is 11.7. The molecule has 3 aliphatic rings. The number of benzene rings is 1. The van der Waals surface area contributed by atoms with Crippen molar-refractivity contribution < 1.29 is 4.79 Å². The van der Waals surface area contributed by atoms with Gasteiger partial charge in [0, 0.05) is 43.1 Å². The van der Waals surface area contributed by atoms with Gasteiger partial charge in [0.15, 0.2) is 0 Å². The summed E-state index contributed by atoms with van der Waals surface area (Å²) in [7, 11) is 0. The van der Waals surface area contributed by atoms with E-state index in [0.717, 1.165) is 72.4 Å². The number of thiophene rings is 1. The van der Waals surface area contributed by atoms with E-state index in [-0.39, 0.29) is 17.6 Å². The van der Waals surface area contributed by atoms with Crippen LogP contribution in [0, 0.1) is 0 Å². The normalized spacial score (nSPS) is 19.9. The van der Waals surface area contributed by atoms with Gasteiger partial charge >= 0.3 is 6.03 Å². The highest BCUT2D eigenvalue weighted by Gasteiger charge is 2.29. The quantitative estimate of drug-likeness (QED) is 0.558. The molecule has 0 unspecified atom stereocenters. The number of amides is 2. The van der Waals surface area contributed by atoms with Gasteiger partial charge in [-0.05, 0) is 43.2 Å². The van der Waals surface area contributed by atoms with E-state index in [4.69, 9.17) is 4.98 Å². The van der Waals surface area contributed by atoms with Crippen LogP contribution in [0.3, 0.4) is 0 Å². The molecule has 36 heavy (non-hydrogen) atoms. The molecule has 6 rings (SSSR count). The number of fused-ring (bicyclic) bond motifs is 3. The van der Waals surface area contributed by atoms with Gasteiger partial charge in [-0.3, -0.25) is 14.3 Å². The summed E-state index contributed by atoms with van der Waals surface area (Å²) in [6, 6.07) is 11.1. The maximum atomic E-state index is 13.6. The molecule has 1 N–H and O–H groups in total. The standard InChI is InChI=1S/C28H35N5O2S/c34-27-25-23-13-16-32(28(35)30-21-9-5-2-6-10-21)18-24(23)36-26(25)29-19-33(27)22-11-14-31(15-12-22)17-20-7-3-1-4-8-20/h1,3-4,7-8,19,21-22H,2,5-6,9-18H2,(H,30,35). The molecule has 0 spiro atoms. The number of likely N-dealkylation sites (tertiary alicyclic amines) is 1. The summed E-state index contributed by atoms with van der Waals surface area (Å²) < 4.78 is 1.89. The second kappa shape index (κ2) is 10.3. The number of nitrogens with zero attached hydrogens (tertiary/aromatic N) is 4. The predicted molar refractivity (Wildman–Crippen MR) is 143 cm³/mol. The van der Waals surface area contributed by atoms with E-state index >= 15 is 0 Å². The van der Waals surface area contributed by atoms with E-state index < -0.39 is 0 Å². The minimum absolute atomic E-state index is 0.0395. The number of hydrogen-bond donors (Lipinski definition) is 1. The third-order valence-corrected chi connectivity index (χ3v) is 9.33. The predicted octanol–water partition coefficient (Wildman–Crippen LogP) is 4.70. The van der Waals surface area contributed by atoms with Gasteiger partial charge in [0.2, 0.25) is 0 Å². The maximum absolute atomic E-state index is 13.6. The topological polar surface area (TPSA) is 70.5 Å². The molecule has 2 aliphatic heterocycles. The smallest absolute Gasteiger partial charge is 0.317 e. The highest BCUT2D eigenvalue weighted by atomic mass is 32.1. The van der Waals surface area contributed by atoms with Crippen LogP contribution in [-0.4, -0.2) is 51.1 Å². The zero-order chi connectivity index (χ0) is 24.5. The molecular formula is C28H35N5O2S. The molecule has 2 aromatic heterocycles. The summed E-state index contributed by atoms with van der Waals surface area (Å²) in [5, 5.41) is 4.03. The fourth-order valence-electron chi connectivity index (χ4n) is 6.14. The zero-order valence-corrected chi connectivity index (χ0v) is 21.6. The molecule has 3 aromatic rings. The molecule has 0 bridgehead atoms. The lowest BCUT2D eigenvalue weighted by atomic mass is 9.96. The Morgan fingerprint density at radius 3 is 2.58 bits per heavy atom. The van der Waals surface area contributed by atoms with Crippen molar-refractivity contribution in [2.24, 2.45) is 0 Å². The molecule has 0 atom stereocenters. The first kappa shape index (κ1) is 23.7. The highest BCUT2D eigenvalue weighted by molar-refractivity contribution is 7.18. The van der Waals surface area contributed by atoms with Crippen LogP contribution in [0.15, 0.2) is 41.5 Å². The monoisotopic (exact) mass is 505 g/mol. The molecule has 4 heterocycles. The Bertz CT molecular complexity index is 1270. The van der Waals surface area contributed by atoms with E-state index in [2.05, 4.69) is 40.5 Å². The van der Waals surface area contributed by atoms with E-state index in [9.17, 15) is 9.59 Å². The van der Waals surface area contributed by atoms with Crippen molar-refractivity contribution in [2.75, 3.05) is 19.6 Å². The first-order valence-corrected chi connectivity index (χ1v) is 14.3. The Hall–Kier alpha value is -2.71. The number of urea groups is 1. The summed E-state index contributed by atoms with van der Waals surface area (Å²) in [5.74, 6) is 0. The van der Waals surface area contributed by atoms with Crippen molar-refractivity contribution in [3.8, 4) is 0 Å². The molecular weight excluding hydrogens is 470 g/mol. The Morgan fingerprint density at radius 2 is 1.81 bits per heavy atom. The number of piperidine rings is 1. The van der Waals surface area contributed by atoms with Crippen molar-refractivity contribution in [3.05, 3.63) is 63.0 Å². The van der Waals surface area contributed by atoms with E-state index in [0.29, 0.717) is 19.1 Å². The number of carbonyl (C=O) groups excluding carboxylic acids is 1. The number of carbonyl (C=O) groups is 1. The van der Waals surface area contributed by atoms with Crippen LogP contribution < -0.4 is 10.9 Å². The molecule has 1 aromatic carbocycles. The number of rotatable bonds is 4. The fourth-order valence-corrected chi connectivity index (χ4v) is 7.33. The van der Waals surface area contributed by atoms with Gasteiger partial charge in [-0.2, -0.15) is 0 Å². The second-order valence-electron chi connectivity index (χ2n) is 10.6. The summed E-state index contributed by atoms with van der Waals surface area (Å²) >= 11 is 1.58. The average molecular weight is 506 g/mol. The van der Waals surface area contributed by atoms with Gasteiger partial charge in [-0.15, -0.1) is 11.3 Å². The Labute approximate surface area is 216 Å². The SMILES string of the molecule is O=C(NC1CCCCC1)N1CCc2c(sc3ncn(C4CCN(Cc5ccccc5)CC4)c(=O)c23)C1. The Kier molecular flexibility index (Phi) is 6.80. The third kappa shape index (κ3) is 4.81.